The highest BCUT2D eigenvalue weighted by atomic mass is 32.2. The van der Waals surface area contributed by atoms with Crippen LogP contribution in [-0.4, -0.2) is 49.5 Å². The average Bonchev–Trinajstić information content (AvgIpc) is 3.31. The van der Waals surface area contributed by atoms with E-state index in [2.05, 4.69) is 4.72 Å². The number of hydrogen-bond donors (Lipinski definition) is 1. The van der Waals surface area contributed by atoms with Crippen molar-refractivity contribution in [2.45, 2.75) is 31.6 Å². The van der Waals surface area contributed by atoms with E-state index in [9.17, 15) is 18.0 Å². The maximum atomic E-state index is 13.0. The lowest BCUT2D eigenvalue weighted by Gasteiger charge is -2.15. The zero-order valence-corrected chi connectivity index (χ0v) is 17.6. The van der Waals surface area contributed by atoms with Gasteiger partial charge < -0.3 is 14.2 Å². The molecule has 0 saturated carbocycles. The lowest BCUT2D eigenvalue weighted by atomic mass is 10.2. The van der Waals surface area contributed by atoms with Gasteiger partial charge >= 0.3 is 5.97 Å². The molecule has 1 aromatic carbocycles. The van der Waals surface area contributed by atoms with Crippen LogP contribution in [0.1, 0.15) is 46.3 Å². The summed E-state index contributed by atoms with van der Waals surface area (Å²) in [5.41, 5.74) is 1.29. The Morgan fingerprint density at radius 1 is 1.17 bits per heavy atom. The molecule has 0 bridgehead atoms. The SMILES string of the molecule is CCOC(=O)c1cccc(NS(=O)(=O)c2cc(C(=O)N3CCCC3)n(C)c2C)c1. The van der Waals surface area contributed by atoms with Gasteiger partial charge in [0.15, 0.2) is 0 Å². The number of benzene rings is 1. The van der Waals surface area contributed by atoms with Crippen LogP contribution in [0, 0.1) is 6.92 Å². The van der Waals surface area contributed by atoms with Crippen molar-refractivity contribution in [3.63, 3.8) is 0 Å². The third-order valence-corrected chi connectivity index (χ3v) is 6.51. The van der Waals surface area contributed by atoms with Gasteiger partial charge in [-0.25, -0.2) is 13.2 Å². The minimum absolute atomic E-state index is 0.0316. The van der Waals surface area contributed by atoms with Gasteiger partial charge in [-0.15, -0.1) is 0 Å². The summed E-state index contributed by atoms with van der Waals surface area (Å²) in [6.45, 7) is 4.95. The molecule has 1 aliphatic heterocycles. The van der Waals surface area contributed by atoms with Crippen molar-refractivity contribution in [2.75, 3.05) is 24.4 Å². The Kier molecular flexibility index (Phi) is 5.97. The number of nitrogens with zero attached hydrogens (tertiary/aromatic N) is 2. The normalized spacial score (nSPS) is 14.1. The smallest absolute Gasteiger partial charge is 0.338 e. The first-order valence-electron chi connectivity index (χ1n) is 9.50. The molecule has 1 saturated heterocycles. The summed E-state index contributed by atoms with van der Waals surface area (Å²) >= 11 is 0. The van der Waals surface area contributed by atoms with Crippen LogP contribution < -0.4 is 4.72 Å². The van der Waals surface area contributed by atoms with Crippen LogP contribution in [0.2, 0.25) is 0 Å². The first-order valence-corrected chi connectivity index (χ1v) is 11.0. The Morgan fingerprint density at radius 2 is 1.86 bits per heavy atom. The van der Waals surface area contributed by atoms with Gasteiger partial charge in [-0.1, -0.05) is 6.07 Å². The quantitative estimate of drug-likeness (QED) is 0.726. The van der Waals surface area contributed by atoms with Gasteiger partial charge in [-0.2, -0.15) is 0 Å². The third-order valence-electron chi connectivity index (χ3n) is 5.02. The Hall–Kier alpha value is -2.81. The fourth-order valence-electron chi connectivity index (χ4n) is 3.37. The number of aromatic nitrogens is 1. The molecule has 1 aliphatic rings. The molecule has 156 valence electrons. The van der Waals surface area contributed by atoms with E-state index in [-0.39, 0.29) is 28.7 Å². The minimum Gasteiger partial charge on any atom is -0.462 e. The van der Waals surface area contributed by atoms with Gasteiger partial charge in [0.25, 0.3) is 15.9 Å². The summed E-state index contributed by atoms with van der Waals surface area (Å²) in [7, 11) is -2.27. The molecule has 8 nitrogen and oxygen atoms in total. The highest BCUT2D eigenvalue weighted by molar-refractivity contribution is 7.92. The summed E-state index contributed by atoms with van der Waals surface area (Å²) in [6, 6.07) is 7.51. The van der Waals surface area contributed by atoms with Crippen molar-refractivity contribution in [3.05, 3.63) is 47.3 Å². The summed E-state index contributed by atoms with van der Waals surface area (Å²) < 4.78 is 35.0. The van der Waals surface area contributed by atoms with Crippen LogP contribution >= 0.6 is 0 Å². The number of carbonyl (C=O) groups is 2. The van der Waals surface area contributed by atoms with Crippen LogP contribution in [0.4, 0.5) is 5.69 Å². The fraction of sp³-hybridized carbons (Fsp3) is 0.400. The van der Waals surface area contributed by atoms with E-state index in [1.165, 1.54) is 12.1 Å². The molecule has 1 N–H and O–H groups in total. The first-order chi connectivity index (χ1) is 13.7. The van der Waals surface area contributed by atoms with Crippen LogP contribution in [-0.2, 0) is 21.8 Å². The number of sulfonamides is 1. The zero-order chi connectivity index (χ0) is 21.2. The molecule has 29 heavy (non-hydrogen) atoms. The van der Waals surface area contributed by atoms with Crippen LogP contribution in [0.15, 0.2) is 35.2 Å². The molecule has 3 rings (SSSR count). The van der Waals surface area contributed by atoms with E-state index in [0.29, 0.717) is 24.5 Å². The number of ether oxygens (including phenoxy) is 1. The number of anilines is 1. The molecule has 0 radical (unpaired) electrons. The van der Waals surface area contributed by atoms with Crippen molar-refractivity contribution < 1.29 is 22.7 Å². The number of esters is 1. The Balaban J connectivity index is 1.88. The zero-order valence-electron chi connectivity index (χ0n) is 16.8. The van der Waals surface area contributed by atoms with Gasteiger partial charge in [0.2, 0.25) is 0 Å². The number of rotatable bonds is 6. The maximum absolute atomic E-state index is 13.0. The van der Waals surface area contributed by atoms with Gasteiger partial charge in [-0.05, 0) is 51.0 Å². The first kappa shape index (κ1) is 20.9. The van der Waals surface area contributed by atoms with E-state index in [1.54, 1.807) is 48.6 Å². The second-order valence-corrected chi connectivity index (χ2v) is 8.60. The monoisotopic (exact) mass is 419 g/mol. The fourth-order valence-corrected chi connectivity index (χ4v) is 4.70. The molecule has 1 fully saturated rings. The minimum atomic E-state index is -3.95. The molecule has 0 unspecified atom stereocenters. The van der Waals surface area contributed by atoms with E-state index >= 15 is 0 Å². The van der Waals surface area contributed by atoms with Crippen LogP contribution in [0.3, 0.4) is 0 Å². The van der Waals surface area contributed by atoms with Crippen molar-refractivity contribution in [2.24, 2.45) is 7.05 Å². The highest BCUT2D eigenvalue weighted by Crippen LogP contribution is 2.25. The lowest BCUT2D eigenvalue weighted by molar-refractivity contribution is 0.0526. The summed E-state index contributed by atoms with van der Waals surface area (Å²) in [5, 5.41) is 0. The molecular formula is C20H25N3O5S. The summed E-state index contributed by atoms with van der Waals surface area (Å²) in [6.07, 6.45) is 1.91. The van der Waals surface area contributed by atoms with Crippen LogP contribution in [0.25, 0.3) is 0 Å². The second kappa shape index (κ2) is 8.28. The molecule has 0 atom stereocenters. The molecule has 1 amide bonds. The van der Waals surface area contributed by atoms with E-state index in [1.807, 2.05) is 0 Å². The molecule has 2 heterocycles. The van der Waals surface area contributed by atoms with Crippen molar-refractivity contribution >= 4 is 27.6 Å². The standard InChI is InChI=1S/C20H25N3O5S/c1-4-28-20(25)15-8-7-9-16(12-15)21-29(26,27)18-13-17(22(3)14(18)2)19(24)23-10-5-6-11-23/h7-9,12-13,21H,4-6,10-11H2,1-3H3. The molecule has 1 aromatic heterocycles. The Bertz CT molecular complexity index is 1040. The van der Waals surface area contributed by atoms with Crippen molar-refractivity contribution in [1.29, 1.82) is 0 Å². The van der Waals surface area contributed by atoms with Gasteiger partial charge in [0.1, 0.15) is 10.6 Å². The maximum Gasteiger partial charge on any atom is 0.338 e. The number of hydrogen-bond acceptors (Lipinski definition) is 5. The predicted octanol–water partition coefficient (Wildman–Crippen LogP) is 2.55. The largest absolute Gasteiger partial charge is 0.462 e. The highest BCUT2D eigenvalue weighted by Gasteiger charge is 2.28. The van der Waals surface area contributed by atoms with E-state index < -0.39 is 16.0 Å². The molecule has 9 heteroatoms. The van der Waals surface area contributed by atoms with Gasteiger partial charge in [0.05, 0.1) is 12.2 Å². The summed E-state index contributed by atoms with van der Waals surface area (Å²) in [5.74, 6) is -0.693. The van der Waals surface area contributed by atoms with E-state index in [4.69, 9.17) is 4.74 Å². The summed E-state index contributed by atoms with van der Waals surface area (Å²) in [4.78, 5) is 26.4. The van der Waals surface area contributed by atoms with Gasteiger partial charge in [0, 0.05) is 31.5 Å². The van der Waals surface area contributed by atoms with Crippen LogP contribution in [0.5, 0.6) is 0 Å². The number of likely N-dealkylation sites (tertiary alicyclic amines) is 1. The number of carbonyl (C=O) groups excluding carboxylic acids is 2. The average molecular weight is 420 g/mol. The molecule has 2 aromatic rings. The molecule has 0 aliphatic carbocycles. The van der Waals surface area contributed by atoms with Gasteiger partial charge in [-0.3, -0.25) is 9.52 Å². The van der Waals surface area contributed by atoms with Crippen molar-refractivity contribution in [3.8, 4) is 0 Å². The molecular weight excluding hydrogens is 394 g/mol. The lowest BCUT2D eigenvalue weighted by Crippen LogP contribution is -2.29. The predicted molar refractivity (Wildman–Crippen MR) is 108 cm³/mol. The van der Waals surface area contributed by atoms with E-state index in [0.717, 1.165) is 12.8 Å². The van der Waals surface area contributed by atoms with Crippen molar-refractivity contribution in [1.82, 2.24) is 9.47 Å². The number of nitrogens with one attached hydrogen (secondary N) is 1. The molecule has 0 spiro atoms. The Morgan fingerprint density at radius 3 is 2.52 bits per heavy atom. The second-order valence-electron chi connectivity index (χ2n) is 6.94. The number of amides is 1. The Labute approximate surface area is 170 Å². The third kappa shape index (κ3) is 4.29. The topological polar surface area (TPSA) is 97.7 Å².